The summed E-state index contributed by atoms with van der Waals surface area (Å²) >= 11 is 0. The Kier molecular flexibility index (Phi) is 53.8. The molecule has 3 fully saturated rings. The third-order valence-corrected chi connectivity index (χ3v) is 18.2. The molecule has 12 N–H and O–H groups in total. The summed E-state index contributed by atoms with van der Waals surface area (Å²) in [5, 5.41) is 121. The fraction of sp³-hybridized carbons (Fsp3) is 0.738. The van der Waals surface area contributed by atoms with E-state index < -0.39 is 124 Å². The summed E-state index contributed by atoms with van der Waals surface area (Å²) in [4.78, 5) is 13.5. The Hall–Kier alpha value is -3.81. The van der Waals surface area contributed by atoms with E-state index in [1.165, 1.54) is 109 Å². The van der Waals surface area contributed by atoms with Gasteiger partial charge in [0, 0.05) is 6.42 Å². The van der Waals surface area contributed by atoms with Gasteiger partial charge in [-0.15, -0.1) is 0 Å². The van der Waals surface area contributed by atoms with Crippen LogP contribution in [-0.2, 0) is 33.2 Å². The van der Waals surface area contributed by atoms with Crippen LogP contribution in [0.2, 0.25) is 0 Å². The van der Waals surface area contributed by atoms with E-state index in [2.05, 4.69) is 129 Å². The number of ether oxygens (including phenoxy) is 6. The molecular weight excluding hydrogens is 1260 g/mol. The summed E-state index contributed by atoms with van der Waals surface area (Å²) in [6.45, 7) is 1.59. The molecule has 3 aliphatic heterocycles. The topological polar surface area (TPSA) is 307 Å². The van der Waals surface area contributed by atoms with E-state index in [9.17, 15) is 61.0 Å². The first-order chi connectivity index (χ1) is 48.3. The summed E-state index contributed by atoms with van der Waals surface area (Å²) in [5.74, 6) is -0.300. The number of carbonyl (C=O) groups excluding carboxylic acids is 1. The van der Waals surface area contributed by atoms with Gasteiger partial charge in [-0.3, -0.25) is 4.79 Å². The minimum Gasteiger partial charge on any atom is -0.394 e. The van der Waals surface area contributed by atoms with Crippen molar-refractivity contribution in [3.05, 3.63) is 122 Å². The highest BCUT2D eigenvalue weighted by Gasteiger charge is 2.53. The first-order valence-electron chi connectivity index (χ1n) is 38.3. The predicted molar refractivity (Wildman–Crippen MR) is 392 cm³/mol. The summed E-state index contributed by atoms with van der Waals surface area (Å²) in [6.07, 6.45) is 56.0. The zero-order chi connectivity index (χ0) is 71.8. The maximum atomic E-state index is 13.5. The van der Waals surface area contributed by atoms with Crippen LogP contribution in [0.3, 0.4) is 0 Å². The molecule has 17 atom stereocenters. The Morgan fingerprint density at radius 2 is 0.707 bits per heavy atom. The number of aliphatic hydroxyl groups excluding tert-OH is 11. The average molecular weight is 1400 g/mol. The van der Waals surface area contributed by atoms with Gasteiger partial charge in [0.25, 0.3) is 0 Å². The molecule has 0 aromatic carbocycles. The van der Waals surface area contributed by atoms with E-state index in [1.807, 2.05) is 6.08 Å². The van der Waals surface area contributed by atoms with Gasteiger partial charge in [0.2, 0.25) is 5.91 Å². The second kappa shape index (κ2) is 59.6. The van der Waals surface area contributed by atoms with Crippen LogP contribution >= 0.6 is 0 Å². The van der Waals surface area contributed by atoms with Crippen LogP contribution in [0.1, 0.15) is 245 Å². The summed E-state index contributed by atoms with van der Waals surface area (Å²) in [5.41, 5.74) is 0. The molecule has 99 heavy (non-hydrogen) atoms. The van der Waals surface area contributed by atoms with E-state index in [4.69, 9.17) is 28.4 Å². The van der Waals surface area contributed by atoms with Gasteiger partial charge in [0.05, 0.1) is 38.6 Å². The Bertz CT molecular complexity index is 2260. The average Bonchev–Trinajstić information content (AvgIpc) is 0.577. The SMILES string of the molecule is CC/C=C\C/C=C\C/C=C\C/C=C\C/C=C\C/C=C\C/C=C\CCCCCCCCCCCC(=O)NC(COC1OC(CO)C(OC2OC(CO)C(OC3OC(CO)C(O)C(O)C3O)C(O)C2O)C(O)C1O)C(O)/C=C/CC/C=C/CC/C=C/CCCCCCCCCCCCCCC. The van der Waals surface area contributed by atoms with Gasteiger partial charge >= 0.3 is 0 Å². The molecule has 3 saturated heterocycles. The smallest absolute Gasteiger partial charge is 0.220 e. The van der Waals surface area contributed by atoms with Crippen LogP contribution in [-0.4, -0.2) is 193 Å². The first kappa shape index (κ1) is 89.4. The monoisotopic (exact) mass is 1400 g/mol. The third-order valence-electron chi connectivity index (χ3n) is 18.2. The van der Waals surface area contributed by atoms with Crippen molar-refractivity contribution >= 4 is 5.91 Å². The van der Waals surface area contributed by atoms with E-state index in [1.54, 1.807) is 6.08 Å². The second-order valence-corrected chi connectivity index (χ2v) is 26.7. The predicted octanol–water partition coefficient (Wildman–Crippen LogP) is 11.9. The molecule has 0 aromatic rings. The van der Waals surface area contributed by atoms with Gasteiger partial charge < -0.3 is 89.9 Å². The molecule has 19 heteroatoms. The van der Waals surface area contributed by atoms with Crippen molar-refractivity contribution in [3.8, 4) is 0 Å². The molecule has 0 bridgehead atoms. The normalized spacial score (nSPS) is 27.3. The fourth-order valence-electron chi connectivity index (χ4n) is 12.1. The Balaban J connectivity index is 1.42. The highest BCUT2D eigenvalue weighted by atomic mass is 16.8. The maximum absolute atomic E-state index is 13.5. The van der Waals surface area contributed by atoms with Gasteiger partial charge in [-0.1, -0.05) is 257 Å². The van der Waals surface area contributed by atoms with Gasteiger partial charge in [-0.25, -0.2) is 0 Å². The van der Waals surface area contributed by atoms with Crippen molar-refractivity contribution in [1.29, 1.82) is 0 Å². The second-order valence-electron chi connectivity index (χ2n) is 26.7. The van der Waals surface area contributed by atoms with Crippen LogP contribution in [0.25, 0.3) is 0 Å². The summed E-state index contributed by atoms with van der Waals surface area (Å²) < 4.78 is 34.4. The van der Waals surface area contributed by atoms with Crippen LogP contribution < -0.4 is 5.32 Å². The molecule has 0 radical (unpaired) electrons. The van der Waals surface area contributed by atoms with E-state index >= 15 is 0 Å². The van der Waals surface area contributed by atoms with Crippen molar-refractivity contribution in [3.63, 3.8) is 0 Å². The highest BCUT2D eigenvalue weighted by Crippen LogP contribution is 2.33. The molecule has 19 nitrogen and oxygen atoms in total. The Labute approximate surface area is 595 Å². The molecule has 3 heterocycles. The zero-order valence-electron chi connectivity index (χ0n) is 60.4. The fourth-order valence-corrected chi connectivity index (χ4v) is 12.1. The molecule has 17 unspecified atom stereocenters. The molecule has 568 valence electrons. The number of unbranched alkanes of at least 4 members (excludes halogenated alkanes) is 24. The minimum atomic E-state index is -1.99. The largest absolute Gasteiger partial charge is 0.394 e. The first-order valence-corrected chi connectivity index (χ1v) is 38.3. The lowest BCUT2D eigenvalue weighted by Crippen LogP contribution is -2.66. The van der Waals surface area contributed by atoms with E-state index in [0.717, 1.165) is 103 Å². The number of rotatable bonds is 58. The number of nitrogens with one attached hydrogen (secondary N) is 1. The Morgan fingerprint density at radius 1 is 0.374 bits per heavy atom. The lowest BCUT2D eigenvalue weighted by Gasteiger charge is -2.48. The number of hydrogen-bond acceptors (Lipinski definition) is 18. The van der Waals surface area contributed by atoms with Crippen molar-refractivity contribution < 1.29 is 89.4 Å². The van der Waals surface area contributed by atoms with Crippen molar-refractivity contribution in [2.24, 2.45) is 0 Å². The minimum absolute atomic E-state index is 0.217. The lowest BCUT2D eigenvalue weighted by molar-refractivity contribution is -0.379. The maximum Gasteiger partial charge on any atom is 0.220 e. The number of hydrogen-bond donors (Lipinski definition) is 12. The molecular formula is C80H135NO18. The summed E-state index contributed by atoms with van der Waals surface area (Å²) in [6, 6.07) is -1.01. The van der Waals surface area contributed by atoms with Crippen LogP contribution in [0.15, 0.2) is 122 Å². The van der Waals surface area contributed by atoms with Crippen molar-refractivity contribution in [2.75, 3.05) is 26.4 Å². The Morgan fingerprint density at radius 3 is 1.13 bits per heavy atom. The van der Waals surface area contributed by atoms with Gasteiger partial charge in [0.1, 0.15) is 73.2 Å². The number of carbonyl (C=O) groups is 1. The summed E-state index contributed by atoms with van der Waals surface area (Å²) in [7, 11) is 0. The van der Waals surface area contributed by atoms with Crippen LogP contribution in [0.4, 0.5) is 0 Å². The molecule has 0 aliphatic carbocycles. The number of allylic oxidation sites excluding steroid dienone is 19. The van der Waals surface area contributed by atoms with Crippen LogP contribution in [0, 0.1) is 0 Å². The van der Waals surface area contributed by atoms with Crippen LogP contribution in [0.5, 0.6) is 0 Å². The third kappa shape index (κ3) is 40.2. The molecule has 0 spiro atoms. The zero-order valence-corrected chi connectivity index (χ0v) is 60.4. The lowest BCUT2D eigenvalue weighted by atomic mass is 9.96. The highest BCUT2D eigenvalue weighted by molar-refractivity contribution is 5.76. The quantitative estimate of drug-likeness (QED) is 0.0199. The number of aliphatic hydroxyl groups is 11. The molecule has 3 aliphatic rings. The van der Waals surface area contributed by atoms with Crippen molar-refractivity contribution in [1.82, 2.24) is 5.32 Å². The van der Waals surface area contributed by atoms with Gasteiger partial charge in [0.15, 0.2) is 18.9 Å². The van der Waals surface area contributed by atoms with Gasteiger partial charge in [-0.05, 0) is 103 Å². The number of amides is 1. The standard InChI is InChI=1S/C80H135NO18/c1-3-5-7-9-11-13-15-17-19-21-23-25-27-28-29-30-31-32-33-34-36-38-40-42-44-46-48-50-52-54-56-58-68(86)81-63(64(85)57-55-53-51-49-47-45-43-41-39-37-35-26-24-22-20-18-16-14-12-10-8-6-4-2)62-94-78-74(92)71(89)76(66(60-83)96-78)99-80-75(93)72(90)77(67(61-84)97-80)98-79-73(91)70(88)69(87)65(59-82)95-79/h5,7,11,13,17,19,23,25,28-29,31-32,34,36,39,41,47,49,55,57,63-67,69-80,82-85,87-93H,3-4,6,8-10,12,14-16,18,20-22,24,26-27,30,33,35,37-38,40,42-46,48,50-54,56,58-62H2,1-2H3,(H,81,86)/b7-5-,13-11-,19-17-,25-23-,29-28-,32-31-,36-34-,41-39+,49-47+,57-55+. The molecule has 0 aromatic heterocycles. The van der Waals surface area contributed by atoms with Gasteiger partial charge in [-0.2, -0.15) is 0 Å². The van der Waals surface area contributed by atoms with E-state index in [-0.39, 0.29) is 18.9 Å². The molecule has 0 saturated carbocycles. The van der Waals surface area contributed by atoms with E-state index in [0.29, 0.717) is 12.8 Å². The molecule has 1 amide bonds. The van der Waals surface area contributed by atoms with Crippen molar-refractivity contribution in [2.45, 2.75) is 349 Å². The molecule has 3 rings (SSSR count).